The third-order valence-corrected chi connectivity index (χ3v) is 53.8. The summed E-state index contributed by atoms with van der Waals surface area (Å²) >= 11 is 7.61. The van der Waals surface area contributed by atoms with Crippen molar-refractivity contribution in [3.05, 3.63) is 122 Å². The number of methoxy groups -OCH3 is 2. The number of hydrogen-bond acceptors (Lipinski definition) is 13. The van der Waals surface area contributed by atoms with E-state index in [4.69, 9.17) is 46.1 Å². The Morgan fingerprint density at radius 1 is 0.495 bits per heavy atom. The summed E-state index contributed by atoms with van der Waals surface area (Å²) in [6.07, 6.45) is 9.96. The van der Waals surface area contributed by atoms with E-state index in [2.05, 4.69) is 373 Å². The molecule has 2 aliphatic rings. The average Bonchev–Trinajstić information content (AvgIpc) is 0.703. The first-order valence-corrected chi connectivity index (χ1v) is 57.1. The zero-order valence-corrected chi connectivity index (χ0v) is 82.1. The first-order chi connectivity index (χ1) is 48.1. The molecule has 0 amide bonds. The van der Waals surface area contributed by atoms with Gasteiger partial charge in [0, 0.05) is 43.6 Å². The van der Waals surface area contributed by atoms with Gasteiger partial charge in [-0.25, -0.2) is 0 Å². The number of rotatable bonds is 32. The van der Waals surface area contributed by atoms with Crippen molar-refractivity contribution in [2.75, 3.05) is 34.0 Å². The molecule has 2 saturated heterocycles. The summed E-state index contributed by atoms with van der Waals surface area (Å²) in [4.78, 5) is 37.6. The van der Waals surface area contributed by atoms with Gasteiger partial charge in [0.2, 0.25) is 0 Å². The van der Waals surface area contributed by atoms with Crippen LogP contribution in [0.4, 0.5) is 0 Å². The number of carbonyl (C=O) groups is 3. The Morgan fingerprint density at radius 3 is 1.12 bits per heavy atom. The zero-order valence-electron chi connectivity index (χ0n) is 70.7. The van der Waals surface area contributed by atoms with Crippen LogP contribution in [-0.4, -0.2) is 134 Å². The second-order valence-electron chi connectivity index (χ2n) is 36.3. The monoisotopic (exact) mass is 1880 g/mol. The molecular formula is C84H142I3O13PSi4. The molecule has 13 nitrogen and oxygen atoms in total. The van der Waals surface area contributed by atoms with E-state index < -0.39 is 43.6 Å². The second kappa shape index (κ2) is 41.1. The van der Waals surface area contributed by atoms with Crippen molar-refractivity contribution in [1.29, 1.82) is 0 Å². The number of ether oxygens (including phenoxy) is 6. The molecule has 16 atom stereocenters. The molecule has 0 bridgehead atoms. The molecular weight excluding hydrogens is 1740 g/mol. The molecule has 21 heteroatoms. The maximum absolute atomic E-state index is 13.2. The molecule has 0 radical (unpaired) electrons. The van der Waals surface area contributed by atoms with Gasteiger partial charge >= 0.3 is 246 Å². The fourth-order valence-corrected chi connectivity index (χ4v) is 29.6. The van der Waals surface area contributed by atoms with Gasteiger partial charge in [-0.05, 0) is 119 Å². The van der Waals surface area contributed by atoms with Gasteiger partial charge < -0.3 is 41.4 Å². The van der Waals surface area contributed by atoms with Gasteiger partial charge in [-0.3, -0.25) is 9.59 Å². The zero-order chi connectivity index (χ0) is 80.5. The van der Waals surface area contributed by atoms with Crippen molar-refractivity contribution in [1.82, 2.24) is 0 Å². The first kappa shape index (κ1) is 97.9. The third-order valence-electron chi connectivity index (χ3n) is 23.5. The van der Waals surface area contributed by atoms with E-state index in [0.29, 0.717) is 19.6 Å². The second-order valence-corrected chi connectivity index (χ2v) is 69.4. The molecule has 598 valence electrons. The standard InChI is InChI=1S/C33H63IO6Si2.C29H35I2O2P.C22H44O5Si2/c1-22(29(37-21-36-12)23(2)19-24(3)34)17-18-27(39-41(13,14)32(6,7)8)20-28-25(4)30(26(5)31(35)38-28)40-42(15,16)33(9,10)11;1-23(20-25(3)30)29(33-22-32-4)24(2)21-34(31,26-14-8-5-9-15-26,27-16-10-6-11-17-27)28-18-12-7-13-19-28;1-15-18(13-17(14-23)26-28(9,10)21(3,4)5)25-20(24)16(2)19(15)27-29(11,12)22(6,7)8/h17-19,22-23,25-30H,20-21H2,1-16H3;5-20,23-24,29H,21-22H2,1-4H3;14-19H,13H2,1-12H3/b18-17-,24-19-;25-20-;/t22-,23-,25-,26+,27+,28?,29-,30-;23-,24-,29+;15-,16+,17+,18?,19+/m000/s1. The van der Waals surface area contributed by atoms with Crippen LogP contribution >= 0.6 is 71.5 Å². The smallest absolute Gasteiger partial charge is 0.311 e. The van der Waals surface area contributed by atoms with E-state index in [-0.39, 0.29) is 129 Å². The number of esters is 2. The quantitative estimate of drug-likeness (QED) is 0.0111. The van der Waals surface area contributed by atoms with Crippen molar-refractivity contribution < 1.29 is 60.5 Å². The minimum atomic E-state index is -2.87. The van der Waals surface area contributed by atoms with Crippen LogP contribution in [0, 0.1) is 47.3 Å². The minimum absolute atomic E-state index is 0.00212. The van der Waals surface area contributed by atoms with Crippen LogP contribution in [0.25, 0.3) is 0 Å². The molecule has 3 aromatic rings. The van der Waals surface area contributed by atoms with E-state index in [0.717, 1.165) is 12.4 Å². The number of halogens is 3. The first-order valence-electron chi connectivity index (χ1n) is 38.1. The molecule has 0 aromatic heterocycles. The van der Waals surface area contributed by atoms with Crippen molar-refractivity contribution in [3.63, 3.8) is 0 Å². The minimum Gasteiger partial charge on any atom is -0.462 e. The van der Waals surface area contributed by atoms with Gasteiger partial charge in [0.25, 0.3) is 0 Å². The Hall–Kier alpha value is -1.34. The predicted octanol–water partition coefficient (Wildman–Crippen LogP) is 22.5. The summed E-state index contributed by atoms with van der Waals surface area (Å²) in [5.41, 5.74) is 0. The van der Waals surface area contributed by atoms with E-state index in [9.17, 15) is 14.4 Å². The van der Waals surface area contributed by atoms with Crippen LogP contribution in [0.5, 0.6) is 0 Å². The van der Waals surface area contributed by atoms with E-state index in [1.165, 1.54) is 23.1 Å². The number of allylic oxidation sites excluding steroid dienone is 2. The van der Waals surface area contributed by atoms with Crippen LogP contribution in [0.3, 0.4) is 0 Å². The Morgan fingerprint density at radius 2 is 0.810 bits per heavy atom. The number of aldehydes is 1. The van der Waals surface area contributed by atoms with Crippen molar-refractivity contribution >= 4 is 139 Å². The summed E-state index contributed by atoms with van der Waals surface area (Å²) in [5.74, 6) is -0.0790. The largest absolute Gasteiger partial charge is 0.462 e. The molecule has 0 saturated carbocycles. The fraction of sp³-hybridized carbons (Fsp3) is 0.679. The van der Waals surface area contributed by atoms with Gasteiger partial charge in [-0.15, -0.1) is 0 Å². The van der Waals surface area contributed by atoms with Crippen molar-refractivity contribution in [2.24, 2.45) is 47.3 Å². The molecule has 2 fully saturated rings. The molecule has 5 rings (SSSR count). The average molecular weight is 1880 g/mol. The van der Waals surface area contributed by atoms with Crippen LogP contribution in [0.15, 0.2) is 122 Å². The number of carbonyl (C=O) groups excluding carboxylic acids is 3. The maximum atomic E-state index is 13.2. The Kier molecular flexibility index (Phi) is 38.3. The number of hydrogen-bond donors (Lipinski definition) is 0. The third kappa shape index (κ3) is 27.2. The maximum Gasteiger partial charge on any atom is 0.311 e. The van der Waals surface area contributed by atoms with Crippen LogP contribution < -0.4 is 15.9 Å². The molecule has 105 heavy (non-hydrogen) atoms. The molecule has 3 aromatic carbocycles. The summed E-state index contributed by atoms with van der Waals surface area (Å²) in [6, 6.07) is 33.3. The van der Waals surface area contributed by atoms with Gasteiger partial charge in [-0.1, -0.05) is 129 Å². The summed E-state index contributed by atoms with van der Waals surface area (Å²) in [5, 5.41) is 4.36. The van der Waals surface area contributed by atoms with Crippen LogP contribution in [0.1, 0.15) is 165 Å². The Bertz CT molecular complexity index is 3130. The normalized spacial score (nSPS) is 23.5. The van der Waals surface area contributed by atoms with Gasteiger partial charge in [0.1, 0.15) is 31.4 Å². The molecule has 0 aliphatic carbocycles. The SMILES string of the molecule is COCO[C@@H]([C@@H](C)/C=C\[C@H](CC1OC(=O)[C@H](C)[C@@H](O[Si](C)(C)C(C)(C)C)[C@H]1C)O[Si](C)(C)C(C)(C)C)[C@@H](C)/C=C(/C)I.COCO[C@H]([C@@H](C)/C=C(/C)I)[C@@H](C)CP(I)(c1ccccc1)(c1ccccc1)c1ccccc1.C[C@H]1C(=O)OC(C[C@H](C=O)O[Si](C)(C)C(C)(C)C)[C@H](C)[C@H]1O[Si](C)(C)C(C)(C)C. The molecule has 2 unspecified atom stereocenters. The van der Waals surface area contributed by atoms with Crippen molar-refractivity contribution in [2.45, 2.75) is 287 Å². The van der Waals surface area contributed by atoms with E-state index >= 15 is 0 Å². The molecule has 2 aliphatic heterocycles. The summed E-state index contributed by atoms with van der Waals surface area (Å²) < 4.78 is 61.5. The van der Waals surface area contributed by atoms with Crippen LogP contribution in [0.2, 0.25) is 72.5 Å². The fourth-order valence-electron chi connectivity index (χ4n) is 13.0. The predicted molar refractivity (Wildman–Crippen MR) is 479 cm³/mol. The van der Waals surface area contributed by atoms with Crippen LogP contribution in [-0.2, 0) is 60.5 Å². The summed E-state index contributed by atoms with van der Waals surface area (Å²) in [7, 11) is -5.02. The van der Waals surface area contributed by atoms with E-state index in [1.807, 2.05) is 13.8 Å². The van der Waals surface area contributed by atoms with Gasteiger partial charge in [-0.2, -0.15) is 0 Å². The molecule has 2 heterocycles. The Labute approximate surface area is 683 Å². The Balaban J connectivity index is 0.000000416. The van der Waals surface area contributed by atoms with Gasteiger partial charge in [0.05, 0.1) is 36.3 Å². The summed E-state index contributed by atoms with van der Waals surface area (Å²) in [6.45, 7) is 66.1. The number of benzene rings is 3. The molecule has 0 N–H and O–H groups in total. The molecule has 0 spiro atoms. The van der Waals surface area contributed by atoms with Gasteiger partial charge in [0.15, 0.2) is 33.3 Å². The number of cyclic esters (lactones) is 2. The van der Waals surface area contributed by atoms with Crippen molar-refractivity contribution in [3.8, 4) is 0 Å². The topological polar surface area (TPSA) is 144 Å². The van der Waals surface area contributed by atoms with E-state index in [1.54, 1.807) is 14.2 Å².